The van der Waals surface area contributed by atoms with Crippen molar-refractivity contribution in [1.82, 2.24) is 0 Å². The van der Waals surface area contributed by atoms with Gasteiger partial charge >= 0.3 is 0 Å². The number of rotatable bonds is 3. The Morgan fingerprint density at radius 3 is 2.55 bits per heavy atom. The Bertz CT molecular complexity index is 228. The van der Waals surface area contributed by atoms with Gasteiger partial charge in [-0.3, -0.25) is 0 Å². The van der Waals surface area contributed by atoms with E-state index in [1.807, 2.05) is 31.2 Å². The molecular weight excluding hydrogens is 138 g/mol. The first-order valence-electron chi connectivity index (χ1n) is 3.40. The van der Waals surface area contributed by atoms with Gasteiger partial charge < -0.3 is 4.84 Å². The van der Waals surface area contributed by atoms with E-state index in [4.69, 9.17) is 6.72 Å². The summed E-state index contributed by atoms with van der Waals surface area (Å²) in [7, 11) is 0. The maximum Gasteiger partial charge on any atom is 0.142 e. The third-order valence-electron chi connectivity index (χ3n) is 1.43. The molecular formula is C9H10NO. The maximum atomic E-state index is 4.81. The molecule has 0 fully saturated rings. The molecule has 0 aromatic heterocycles. The van der Waals surface area contributed by atoms with Gasteiger partial charge in [0.25, 0.3) is 0 Å². The molecule has 1 rings (SSSR count). The van der Waals surface area contributed by atoms with Crippen LogP contribution in [0.2, 0.25) is 0 Å². The van der Waals surface area contributed by atoms with Gasteiger partial charge in [0.1, 0.15) is 6.61 Å². The third kappa shape index (κ3) is 2.42. The second-order valence-electron chi connectivity index (χ2n) is 2.36. The molecule has 0 spiro atoms. The number of hydrogen-bond donors (Lipinski definition) is 0. The molecule has 0 heterocycles. The van der Waals surface area contributed by atoms with Crippen LogP contribution in [0.4, 0.5) is 0 Å². The van der Waals surface area contributed by atoms with Crippen molar-refractivity contribution in [2.45, 2.75) is 13.5 Å². The highest BCUT2D eigenvalue weighted by Crippen LogP contribution is 2.03. The summed E-state index contributed by atoms with van der Waals surface area (Å²) >= 11 is 0. The van der Waals surface area contributed by atoms with Crippen molar-refractivity contribution >= 4 is 6.72 Å². The van der Waals surface area contributed by atoms with E-state index >= 15 is 0 Å². The van der Waals surface area contributed by atoms with Gasteiger partial charge in [-0.25, -0.2) is 0 Å². The Morgan fingerprint density at radius 2 is 2.00 bits per heavy atom. The molecule has 1 radical (unpaired) electrons. The zero-order valence-electron chi connectivity index (χ0n) is 6.45. The van der Waals surface area contributed by atoms with Crippen molar-refractivity contribution in [1.29, 1.82) is 0 Å². The first-order valence-corrected chi connectivity index (χ1v) is 3.40. The molecule has 11 heavy (non-hydrogen) atoms. The minimum absolute atomic E-state index is 0.441. The van der Waals surface area contributed by atoms with E-state index in [9.17, 15) is 0 Å². The van der Waals surface area contributed by atoms with E-state index in [1.54, 1.807) is 0 Å². The molecule has 57 valence electrons. The Balaban J connectivity index is 2.58. The van der Waals surface area contributed by atoms with Crippen LogP contribution in [0.15, 0.2) is 29.4 Å². The normalized spacial score (nSPS) is 9.18. The van der Waals surface area contributed by atoms with Gasteiger partial charge in [0.05, 0.1) is 6.72 Å². The zero-order chi connectivity index (χ0) is 8.10. The molecule has 0 atom stereocenters. The van der Waals surface area contributed by atoms with E-state index < -0.39 is 0 Å². The highest BCUT2D eigenvalue weighted by molar-refractivity contribution is 5.22. The molecule has 1 aromatic rings. The van der Waals surface area contributed by atoms with Crippen LogP contribution in [0.3, 0.4) is 0 Å². The highest BCUT2D eigenvalue weighted by Gasteiger charge is 1.90. The maximum absolute atomic E-state index is 4.81. The third-order valence-corrected chi connectivity index (χ3v) is 1.43. The molecule has 0 aliphatic heterocycles. The summed E-state index contributed by atoms with van der Waals surface area (Å²) in [6.07, 6.45) is 0. The smallest absolute Gasteiger partial charge is 0.142 e. The van der Waals surface area contributed by atoms with E-state index in [0.717, 1.165) is 5.56 Å². The van der Waals surface area contributed by atoms with Gasteiger partial charge in [0, 0.05) is 0 Å². The van der Waals surface area contributed by atoms with Gasteiger partial charge in [-0.2, -0.15) is 0 Å². The van der Waals surface area contributed by atoms with E-state index in [2.05, 4.69) is 9.99 Å². The van der Waals surface area contributed by atoms with Crippen LogP contribution in [0.5, 0.6) is 0 Å². The van der Waals surface area contributed by atoms with Crippen LogP contribution in [0.25, 0.3) is 0 Å². The molecule has 0 N–H and O–H groups in total. The van der Waals surface area contributed by atoms with Gasteiger partial charge in [-0.15, -0.1) is 0 Å². The minimum atomic E-state index is 0.441. The van der Waals surface area contributed by atoms with Crippen molar-refractivity contribution in [3.05, 3.63) is 35.4 Å². The summed E-state index contributed by atoms with van der Waals surface area (Å²) in [4.78, 5) is 4.66. The summed E-state index contributed by atoms with van der Waals surface area (Å²) in [6.45, 7) is 7.29. The summed E-state index contributed by atoms with van der Waals surface area (Å²) in [5.41, 5.74) is 2.31. The van der Waals surface area contributed by atoms with E-state index in [-0.39, 0.29) is 0 Å². The van der Waals surface area contributed by atoms with Gasteiger partial charge in [0.2, 0.25) is 0 Å². The Morgan fingerprint density at radius 1 is 1.36 bits per heavy atom. The predicted molar refractivity (Wildman–Crippen MR) is 44.5 cm³/mol. The second-order valence-corrected chi connectivity index (χ2v) is 2.36. The van der Waals surface area contributed by atoms with Crippen molar-refractivity contribution < 1.29 is 4.84 Å². The van der Waals surface area contributed by atoms with Crippen molar-refractivity contribution in [2.24, 2.45) is 5.16 Å². The van der Waals surface area contributed by atoms with Crippen LogP contribution in [-0.2, 0) is 11.4 Å². The summed E-state index contributed by atoms with van der Waals surface area (Å²) < 4.78 is 0. The Kier molecular flexibility index (Phi) is 2.66. The summed E-state index contributed by atoms with van der Waals surface area (Å²) in [6, 6.07) is 8.02. The zero-order valence-corrected chi connectivity index (χ0v) is 6.45. The lowest BCUT2D eigenvalue weighted by Gasteiger charge is -1.98. The number of hydrogen-bond acceptors (Lipinski definition) is 2. The predicted octanol–water partition coefficient (Wildman–Crippen LogP) is 2.00. The average molecular weight is 148 g/mol. The van der Waals surface area contributed by atoms with Crippen LogP contribution < -0.4 is 0 Å². The molecule has 2 heteroatoms. The minimum Gasteiger partial charge on any atom is -0.391 e. The summed E-state index contributed by atoms with van der Waals surface area (Å²) in [5.74, 6) is 0. The van der Waals surface area contributed by atoms with E-state index in [1.165, 1.54) is 5.56 Å². The second kappa shape index (κ2) is 3.76. The molecule has 0 amide bonds. The molecule has 0 bridgehead atoms. The fourth-order valence-corrected chi connectivity index (χ4v) is 0.796. The SMILES string of the molecule is [CH]=NOCc1ccc(C)cc1. The molecule has 2 nitrogen and oxygen atoms in total. The van der Waals surface area contributed by atoms with Crippen molar-refractivity contribution in [3.63, 3.8) is 0 Å². The van der Waals surface area contributed by atoms with Crippen molar-refractivity contribution in [2.75, 3.05) is 0 Å². The van der Waals surface area contributed by atoms with Gasteiger partial charge in [-0.1, -0.05) is 35.0 Å². The quantitative estimate of drug-likeness (QED) is 0.474. The molecule has 0 saturated carbocycles. The van der Waals surface area contributed by atoms with Crippen LogP contribution >= 0.6 is 0 Å². The highest BCUT2D eigenvalue weighted by atomic mass is 16.6. The Hall–Kier alpha value is -1.31. The van der Waals surface area contributed by atoms with Crippen LogP contribution in [0.1, 0.15) is 11.1 Å². The fourth-order valence-electron chi connectivity index (χ4n) is 0.796. The van der Waals surface area contributed by atoms with Crippen molar-refractivity contribution in [3.8, 4) is 0 Å². The molecule has 0 aliphatic rings. The lowest BCUT2D eigenvalue weighted by Crippen LogP contribution is -1.85. The van der Waals surface area contributed by atoms with Crippen LogP contribution in [0, 0.1) is 6.92 Å². The first kappa shape index (κ1) is 7.79. The average Bonchev–Trinajstić information content (AvgIpc) is 2.04. The van der Waals surface area contributed by atoms with Crippen LogP contribution in [-0.4, -0.2) is 6.72 Å². The molecule has 1 aromatic carbocycles. The molecule has 0 saturated heterocycles. The lowest BCUT2D eigenvalue weighted by molar-refractivity contribution is 0.133. The lowest BCUT2D eigenvalue weighted by atomic mass is 10.2. The Labute approximate surface area is 66.5 Å². The number of nitrogens with zero attached hydrogens (tertiary/aromatic N) is 1. The molecule has 0 aliphatic carbocycles. The number of benzene rings is 1. The topological polar surface area (TPSA) is 21.6 Å². The summed E-state index contributed by atoms with van der Waals surface area (Å²) in [5, 5.41) is 3.05. The largest absolute Gasteiger partial charge is 0.391 e. The van der Waals surface area contributed by atoms with E-state index in [0.29, 0.717) is 6.61 Å². The molecule has 0 unspecified atom stereocenters. The first-order chi connectivity index (χ1) is 5.33. The monoisotopic (exact) mass is 148 g/mol. The number of aryl methyl sites for hydroxylation is 1. The standard InChI is InChI=1S/C9H10NO/c1-8-3-5-9(6-4-8)7-11-10-2/h2-6H,7H2,1H3. The van der Waals surface area contributed by atoms with Gasteiger partial charge in [-0.05, 0) is 12.5 Å². The van der Waals surface area contributed by atoms with Gasteiger partial charge in [0.15, 0.2) is 0 Å². The fraction of sp³-hybridized carbons (Fsp3) is 0.222.